The third-order valence-electron chi connectivity index (χ3n) is 5.04. The topological polar surface area (TPSA) is 85.7 Å². The van der Waals surface area contributed by atoms with E-state index in [0.717, 1.165) is 37.4 Å². The number of nitrogens with one attached hydrogen (secondary N) is 1. The lowest BCUT2D eigenvalue weighted by Crippen LogP contribution is -2.44. The quantitative estimate of drug-likeness (QED) is 0.850. The SMILES string of the molecule is Cc1cc(N2CCNCC2)c2c(c1)N(S(=O)(=O)c1ccccc1C#N)CCO2. The minimum absolute atomic E-state index is 0.0237. The summed E-state index contributed by atoms with van der Waals surface area (Å²) in [5.41, 5.74) is 2.56. The van der Waals surface area contributed by atoms with Gasteiger partial charge in [0.05, 0.1) is 23.5 Å². The molecule has 0 atom stereocenters. The largest absolute Gasteiger partial charge is 0.487 e. The fourth-order valence-corrected chi connectivity index (χ4v) is 5.30. The first-order chi connectivity index (χ1) is 13.5. The Kier molecular flexibility index (Phi) is 4.87. The Labute approximate surface area is 165 Å². The zero-order chi connectivity index (χ0) is 19.7. The van der Waals surface area contributed by atoms with E-state index in [1.54, 1.807) is 12.1 Å². The minimum atomic E-state index is -3.88. The van der Waals surface area contributed by atoms with Crippen LogP contribution in [0.1, 0.15) is 11.1 Å². The molecule has 7 nitrogen and oxygen atoms in total. The second kappa shape index (κ2) is 7.34. The number of aryl methyl sites for hydroxylation is 1. The summed E-state index contributed by atoms with van der Waals surface area (Å²) in [4.78, 5) is 2.25. The van der Waals surface area contributed by atoms with Gasteiger partial charge in [0, 0.05) is 26.2 Å². The molecule has 2 aromatic rings. The molecule has 2 aliphatic rings. The molecule has 2 aliphatic heterocycles. The molecule has 0 aromatic heterocycles. The van der Waals surface area contributed by atoms with Crippen molar-refractivity contribution in [2.45, 2.75) is 11.8 Å². The highest BCUT2D eigenvalue weighted by atomic mass is 32.2. The Hall–Kier alpha value is -2.76. The van der Waals surface area contributed by atoms with Crippen molar-refractivity contribution in [3.8, 4) is 11.8 Å². The highest BCUT2D eigenvalue weighted by Gasteiger charge is 2.34. The second-order valence-corrected chi connectivity index (χ2v) is 8.73. The summed E-state index contributed by atoms with van der Waals surface area (Å²) >= 11 is 0. The van der Waals surface area contributed by atoms with E-state index >= 15 is 0 Å². The van der Waals surface area contributed by atoms with Gasteiger partial charge in [-0.05, 0) is 36.8 Å². The van der Waals surface area contributed by atoms with Crippen LogP contribution in [0.2, 0.25) is 0 Å². The number of fused-ring (bicyclic) bond motifs is 1. The van der Waals surface area contributed by atoms with Crippen molar-refractivity contribution in [2.75, 3.05) is 48.5 Å². The first-order valence-corrected chi connectivity index (χ1v) is 10.7. The van der Waals surface area contributed by atoms with Gasteiger partial charge in [0.15, 0.2) is 5.75 Å². The van der Waals surface area contributed by atoms with Crippen molar-refractivity contribution in [1.82, 2.24) is 5.32 Å². The zero-order valence-electron chi connectivity index (χ0n) is 15.7. The third-order valence-corrected chi connectivity index (χ3v) is 6.91. The van der Waals surface area contributed by atoms with E-state index in [1.165, 1.54) is 16.4 Å². The molecule has 4 rings (SSSR count). The monoisotopic (exact) mass is 398 g/mol. The summed E-state index contributed by atoms with van der Waals surface area (Å²) in [5.74, 6) is 0.594. The van der Waals surface area contributed by atoms with E-state index in [2.05, 4.69) is 10.2 Å². The molecule has 0 bridgehead atoms. The lowest BCUT2D eigenvalue weighted by molar-refractivity contribution is 0.315. The van der Waals surface area contributed by atoms with Crippen molar-refractivity contribution >= 4 is 21.4 Å². The average molecular weight is 398 g/mol. The lowest BCUT2D eigenvalue weighted by atomic mass is 10.1. The van der Waals surface area contributed by atoms with Gasteiger partial charge in [-0.3, -0.25) is 4.31 Å². The predicted molar refractivity (Wildman–Crippen MR) is 107 cm³/mol. The first-order valence-electron chi connectivity index (χ1n) is 9.27. The van der Waals surface area contributed by atoms with E-state index < -0.39 is 10.0 Å². The van der Waals surface area contributed by atoms with Gasteiger partial charge in [-0.25, -0.2) is 8.42 Å². The van der Waals surface area contributed by atoms with Crippen molar-refractivity contribution < 1.29 is 13.2 Å². The number of nitrogens with zero attached hydrogens (tertiary/aromatic N) is 3. The fourth-order valence-electron chi connectivity index (χ4n) is 3.71. The zero-order valence-corrected chi connectivity index (χ0v) is 16.5. The van der Waals surface area contributed by atoms with Crippen LogP contribution < -0.4 is 19.3 Å². The number of ether oxygens (including phenoxy) is 1. The standard InChI is InChI=1S/C20H22N4O3S/c1-15-12-17(23-8-6-22-7-9-23)20-18(13-15)24(10-11-27-20)28(25,26)19-5-3-2-4-16(19)14-21/h2-5,12-13,22H,6-11H2,1H3. The maximum atomic E-state index is 13.4. The molecule has 8 heteroatoms. The van der Waals surface area contributed by atoms with E-state index in [9.17, 15) is 13.7 Å². The Morgan fingerprint density at radius 3 is 2.57 bits per heavy atom. The highest BCUT2D eigenvalue weighted by Crippen LogP contribution is 2.43. The van der Waals surface area contributed by atoms with Gasteiger partial charge in [-0.2, -0.15) is 5.26 Å². The van der Waals surface area contributed by atoms with E-state index in [-0.39, 0.29) is 23.6 Å². The van der Waals surface area contributed by atoms with Gasteiger partial charge in [-0.15, -0.1) is 0 Å². The van der Waals surface area contributed by atoms with Crippen LogP contribution in [0.25, 0.3) is 0 Å². The summed E-state index contributed by atoms with van der Waals surface area (Å²) < 4.78 is 34.2. The summed E-state index contributed by atoms with van der Waals surface area (Å²) in [6, 6.07) is 12.2. The molecule has 2 aromatic carbocycles. The normalized spacial score (nSPS) is 16.9. The minimum Gasteiger partial charge on any atom is -0.487 e. The summed E-state index contributed by atoms with van der Waals surface area (Å²) in [5, 5.41) is 12.7. The molecule has 1 saturated heterocycles. The van der Waals surface area contributed by atoms with Gasteiger partial charge >= 0.3 is 0 Å². The van der Waals surface area contributed by atoms with Gasteiger partial charge < -0.3 is 15.0 Å². The number of rotatable bonds is 3. The molecule has 146 valence electrons. The lowest BCUT2D eigenvalue weighted by Gasteiger charge is -2.36. The van der Waals surface area contributed by atoms with Gasteiger partial charge in [0.25, 0.3) is 10.0 Å². The number of piperazine rings is 1. The molecular weight excluding hydrogens is 376 g/mol. The first kappa shape index (κ1) is 18.6. The van der Waals surface area contributed by atoms with Crippen LogP contribution >= 0.6 is 0 Å². The van der Waals surface area contributed by atoms with Crippen molar-refractivity contribution in [1.29, 1.82) is 5.26 Å². The molecule has 0 spiro atoms. The van der Waals surface area contributed by atoms with Crippen LogP contribution in [0.5, 0.6) is 5.75 Å². The summed E-state index contributed by atoms with van der Waals surface area (Å²) in [6.45, 7) is 5.85. The third kappa shape index (κ3) is 3.17. The van der Waals surface area contributed by atoms with Gasteiger partial charge in [0.1, 0.15) is 17.6 Å². The average Bonchev–Trinajstić information content (AvgIpc) is 2.73. The molecule has 0 saturated carbocycles. The Morgan fingerprint density at radius 1 is 1.11 bits per heavy atom. The van der Waals surface area contributed by atoms with Crippen molar-refractivity contribution in [3.63, 3.8) is 0 Å². The molecule has 1 fully saturated rings. The van der Waals surface area contributed by atoms with Crippen LogP contribution in [-0.4, -0.2) is 47.7 Å². The number of sulfonamides is 1. The van der Waals surface area contributed by atoms with Crippen molar-refractivity contribution in [2.24, 2.45) is 0 Å². The maximum Gasteiger partial charge on any atom is 0.265 e. The number of benzene rings is 2. The van der Waals surface area contributed by atoms with Crippen LogP contribution in [0.15, 0.2) is 41.3 Å². The molecule has 0 radical (unpaired) electrons. The van der Waals surface area contributed by atoms with Gasteiger partial charge in [0.2, 0.25) is 0 Å². The molecular formula is C20H22N4O3S. The molecule has 0 aliphatic carbocycles. The molecule has 0 unspecified atom stereocenters. The molecule has 1 N–H and O–H groups in total. The van der Waals surface area contributed by atoms with Crippen LogP contribution in [0.3, 0.4) is 0 Å². The van der Waals surface area contributed by atoms with E-state index in [1.807, 2.05) is 25.1 Å². The maximum absolute atomic E-state index is 13.4. The molecule has 0 amide bonds. The van der Waals surface area contributed by atoms with E-state index in [0.29, 0.717) is 11.4 Å². The Bertz CT molecular complexity index is 1040. The van der Waals surface area contributed by atoms with Gasteiger partial charge in [-0.1, -0.05) is 12.1 Å². The van der Waals surface area contributed by atoms with Crippen LogP contribution in [0, 0.1) is 18.3 Å². The van der Waals surface area contributed by atoms with Crippen LogP contribution in [-0.2, 0) is 10.0 Å². The highest BCUT2D eigenvalue weighted by molar-refractivity contribution is 7.93. The van der Waals surface area contributed by atoms with E-state index in [4.69, 9.17) is 4.74 Å². The fraction of sp³-hybridized carbons (Fsp3) is 0.350. The Balaban J connectivity index is 1.83. The molecule has 28 heavy (non-hydrogen) atoms. The van der Waals surface area contributed by atoms with Crippen LogP contribution in [0.4, 0.5) is 11.4 Å². The second-order valence-electron chi connectivity index (χ2n) is 6.90. The number of hydrogen-bond acceptors (Lipinski definition) is 6. The predicted octanol–water partition coefficient (Wildman–Crippen LogP) is 1.86. The number of anilines is 2. The number of nitriles is 1. The van der Waals surface area contributed by atoms with Crippen molar-refractivity contribution in [3.05, 3.63) is 47.5 Å². The number of hydrogen-bond donors (Lipinski definition) is 1. The smallest absolute Gasteiger partial charge is 0.265 e. The molecule has 2 heterocycles. The Morgan fingerprint density at radius 2 is 1.82 bits per heavy atom. The summed E-state index contributed by atoms with van der Waals surface area (Å²) in [7, 11) is -3.88. The summed E-state index contributed by atoms with van der Waals surface area (Å²) in [6.07, 6.45) is 0.